The fourth-order valence-electron chi connectivity index (χ4n) is 5.04. The van der Waals surface area contributed by atoms with E-state index in [1.807, 2.05) is 56.4 Å². The first-order valence-electron chi connectivity index (χ1n) is 13.6. The second-order valence-electron chi connectivity index (χ2n) is 10.4. The van der Waals surface area contributed by atoms with Crippen LogP contribution in [0.5, 0.6) is 0 Å². The van der Waals surface area contributed by atoms with Gasteiger partial charge in [-0.2, -0.15) is 0 Å². The van der Waals surface area contributed by atoms with Crippen molar-refractivity contribution < 1.29 is 18.0 Å². The maximum absolute atomic E-state index is 13.8. The highest BCUT2D eigenvalue weighted by atomic mass is 32.2. The topological polar surface area (TPSA) is 86.8 Å². The molecule has 1 heterocycles. The zero-order chi connectivity index (χ0) is 29.0. The Kier molecular flexibility index (Phi) is 8.33. The van der Waals surface area contributed by atoms with Crippen LogP contribution >= 0.6 is 0 Å². The lowest BCUT2D eigenvalue weighted by Crippen LogP contribution is -2.34. The summed E-state index contributed by atoms with van der Waals surface area (Å²) in [5, 5.41) is 2.94. The summed E-state index contributed by atoms with van der Waals surface area (Å²) < 4.78 is 27.4. The standard InChI is InChI=1S/C33H33N3O4S/c1-24-9-8-12-26(21-24)23-36-29-22-27(32(37)34-18-20-35(2)19-17-25-10-4-3-5-11-25)15-16-31(29)41(39,40)30-14-7-6-13-28(30)33(36)38/h3-16,21-22H,17-20,23H2,1-2H3,(H,34,37). The van der Waals surface area contributed by atoms with E-state index in [1.54, 1.807) is 12.1 Å². The number of hydrogen-bond donors (Lipinski definition) is 1. The number of nitrogens with one attached hydrogen (secondary N) is 1. The van der Waals surface area contributed by atoms with Gasteiger partial charge in [-0.1, -0.05) is 72.3 Å². The molecule has 0 aromatic heterocycles. The molecule has 0 fully saturated rings. The summed E-state index contributed by atoms with van der Waals surface area (Å²) in [6, 6.07) is 28.7. The van der Waals surface area contributed by atoms with Gasteiger partial charge in [0.05, 0.1) is 27.6 Å². The Bertz CT molecular complexity index is 1690. The van der Waals surface area contributed by atoms with Crippen molar-refractivity contribution in [2.24, 2.45) is 0 Å². The van der Waals surface area contributed by atoms with Crippen LogP contribution in [0.2, 0.25) is 0 Å². The Morgan fingerprint density at radius 1 is 0.829 bits per heavy atom. The predicted octanol–water partition coefficient (Wildman–Crippen LogP) is 4.89. The van der Waals surface area contributed by atoms with E-state index in [9.17, 15) is 18.0 Å². The van der Waals surface area contributed by atoms with E-state index in [1.165, 1.54) is 40.8 Å². The molecule has 41 heavy (non-hydrogen) atoms. The van der Waals surface area contributed by atoms with E-state index < -0.39 is 15.7 Å². The number of rotatable bonds is 9. The lowest BCUT2D eigenvalue weighted by Gasteiger charge is -2.24. The quantitative estimate of drug-likeness (QED) is 0.311. The molecule has 1 N–H and O–H groups in total. The molecule has 8 heteroatoms. The summed E-state index contributed by atoms with van der Waals surface area (Å²) in [6.45, 7) is 4.06. The van der Waals surface area contributed by atoms with Crippen LogP contribution in [0.1, 0.15) is 37.4 Å². The maximum Gasteiger partial charge on any atom is 0.259 e. The Balaban J connectivity index is 1.38. The van der Waals surface area contributed by atoms with Crippen molar-refractivity contribution >= 4 is 27.3 Å². The van der Waals surface area contributed by atoms with Gasteiger partial charge >= 0.3 is 0 Å². The molecule has 0 atom stereocenters. The van der Waals surface area contributed by atoms with Crippen molar-refractivity contribution in [3.63, 3.8) is 0 Å². The average molecular weight is 568 g/mol. The van der Waals surface area contributed by atoms with Crippen LogP contribution in [0.25, 0.3) is 0 Å². The molecule has 1 aliphatic heterocycles. The number of fused-ring (bicyclic) bond motifs is 2. The molecule has 0 saturated heterocycles. The van der Waals surface area contributed by atoms with Crippen molar-refractivity contribution in [2.45, 2.75) is 29.7 Å². The SMILES string of the molecule is Cc1cccc(CN2C(=O)c3ccccc3S(=O)(=O)c3ccc(C(=O)NCCN(C)CCc4ccccc4)cc32)c1. The highest BCUT2D eigenvalue weighted by Gasteiger charge is 2.36. The Labute approximate surface area is 241 Å². The molecular weight excluding hydrogens is 534 g/mol. The molecule has 0 radical (unpaired) electrons. The first-order valence-corrected chi connectivity index (χ1v) is 15.1. The van der Waals surface area contributed by atoms with Gasteiger partial charge in [-0.15, -0.1) is 0 Å². The molecule has 5 rings (SSSR count). The molecule has 2 amide bonds. The van der Waals surface area contributed by atoms with Crippen LogP contribution in [0.4, 0.5) is 5.69 Å². The Morgan fingerprint density at radius 3 is 2.34 bits per heavy atom. The highest BCUT2D eigenvalue weighted by molar-refractivity contribution is 7.91. The van der Waals surface area contributed by atoms with Crippen molar-refractivity contribution in [2.75, 3.05) is 31.6 Å². The molecule has 7 nitrogen and oxygen atoms in total. The number of carbonyl (C=O) groups is 2. The molecule has 0 bridgehead atoms. The number of nitrogens with zero attached hydrogens (tertiary/aromatic N) is 2. The summed E-state index contributed by atoms with van der Waals surface area (Å²) in [6.07, 6.45) is 0.914. The lowest BCUT2D eigenvalue weighted by atomic mass is 10.1. The molecule has 0 aliphatic carbocycles. The second kappa shape index (κ2) is 12.1. The van der Waals surface area contributed by atoms with Gasteiger partial charge in [0.1, 0.15) is 0 Å². The van der Waals surface area contributed by atoms with Crippen molar-refractivity contribution in [3.8, 4) is 0 Å². The number of sulfone groups is 1. The van der Waals surface area contributed by atoms with Crippen LogP contribution in [-0.4, -0.2) is 51.8 Å². The molecule has 0 saturated carbocycles. The largest absolute Gasteiger partial charge is 0.351 e. The molecule has 210 valence electrons. The van der Waals surface area contributed by atoms with E-state index >= 15 is 0 Å². The number of amides is 2. The Morgan fingerprint density at radius 2 is 1.56 bits per heavy atom. The van der Waals surface area contributed by atoms with E-state index in [-0.39, 0.29) is 33.5 Å². The molecular formula is C33H33N3O4S. The van der Waals surface area contributed by atoms with Gasteiger partial charge in [-0.25, -0.2) is 8.42 Å². The molecule has 4 aromatic carbocycles. The van der Waals surface area contributed by atoms with Gasteiger partial charge in [-0.05, 0) is 61.9 Å². The molecule has 1 aliphatic rings. The summed E-state index contributed by atoms with van der Waals surface area (Å²) in [5.41, 5.74) is 3.74. The average Bonchev–Trinajstić information content (AvgIpc) is 3.04. The second-order valence-corrected chi connectivity index (χ2v) is 12.2. The Hall–Kier alpha value is -4.27. The number of carbonyl (C=O) groups excluding carboxylic acids is 2. The molecule has 0 unspecified atom stereocenters. The third-order valence-electron chi connectivity index (χ3n) is 7.28. The first-order chi connectivity index (χ1) is 19.7. The third-order valence-corrected chi connectivity index (χ3v) is 9.14. The zero-order valence-electron chi connectivity index (χ0n) is 23.2. The highest BCUT2D eigenvalue weighted by Crippen LogP contribution is 2.38. The summed E-state index contributed by atoms with van der Waals surface area (Å²) in [5.74, 6) is -0.756. The lowest BCUT2D eigenvalue weighted by molar-refractivity contribution is 0.0946. The molecule has 4 aromatic rings. The van der Waals surface area contributed by atoms with E-state index in [4.69, 9.17) is 0 Å². The van der Waals surface area contributed by atoms with Gasteiger partial charge in [0.2, 0.25) is 9.84 Å². The monoisotopic (exact) mass is 567 g/mol. The number of aryl methyl sites for hydroxylation is 1. The van der Waals surface area contributed by atoms with E-state index in [2.05, 4.69) is 22.3 Å². The zero-order valence-corrected chi connectivity index (χ0v) is 24.0. The maximum atomic E-state index is 13.8. The van der Waals surface area contributed by atoms with E-state index in [0.29, 0.717) is 18.7 Å². The minimum atomic E-state index is -4.00. The minimum absolute atomic E-state index is 0.000600. The fourth-order valence-corrected chi connectivity index (χ4v) is 6.67. The van der Waals surface area contributed by atoms with Gasteiger partial charge in [0.15, 0.2) is 0 Å². The summed E-state index contributed by atoms with van der Waals surface area (Å²) >= 11 is 0. The van der Waals surface area contributed by atoms with Crippen molar-refractivity contribution in [3.05, 3.63) is 125 Å². The van der Waals surface area contributed by atoms with Gasteiger partial charge in [0.25, 0.3) is 11.8 Å². The normalized spacial score (nSPS) is 13.8. The number of likely N-dealkylation sites (N-methyl/N-ethyl adjacent to an activating group) is 1. The number of hydrogen-bond acceptors (Lipinski definition) is 5. The number of benzene rings is 4. The van der Waals surface area contributed by atoms with Crippen molar-refractivity contribution in [1.29, 1.82) is 0 Å². The van der Waals surface area contributed by atoms with Gasteiger partial charge < -0.3 is 15.1 Å². The van der Waals surface area contributed by atoms with Gasteiger partial charge in [0, 0.05) is 25.2 Å². The summed E-state index contributed by atoms with van der Waals surface area (Å²) in [7, 11) is -2.00. The first kappa shape index (κ1) is 28.3. The number of anilines is 1. The van der Waals surface area contributed by atoms with Crippen LogP contribution in [-0.2, 0) is 22.8 Å². The van der Waals surface area contributed by atoms with Crippen LogP contribution in [0.3, 0.4) is 0 Å². The van der Waals surface area contributed by atoms with E-state index in [0.717, 1.165) is 24.1 Å². The van der Waals surface area contributed by atoms with Crippen molar-refractivity contribution in [1.82, 2.24) is 10.2 Å². The minimum Gasteiger partial charge on any atom is -0.351 e. The van der Waals surface area contributed by atoms with Gasteiger partial charge in [-0.3, -0.25) is 9.59 Å². The fraction of sp³-hybridized carbons (Fsp3) is 0.212. The summed E-state index contributed by atoms with van der Waals surface area (Å²) in [4.78, 5) is 30.6. The van der Waals surface area contributed by atoms with Crippen LogP contribution in [0.15, 0.2) is 107 Å². The third kappa shape index (κ3) is 6.24. The smallest absolute Gasteiger partial charge is 0.259 e. The van der Waals surface area contributed by atoms with Crippen LogP contribution in [0, 0.1) is 6.92 Å². The predicted molar refractivity (Wildman–Crippen MR) is 160 cm³/mol. The van der Waals surface area contributed by atoms with Crippen LogP contribution < -0.4 is 10.2 Å². The molecule has 0 spiro atoms.